The molecule has 1 aliphatic rings. The summed E-state index contributed by atoms with van der Waals surface area (Å²) < 4.78 is 0. The van der Waals surface area contributed by atoms with Gasteiger partial charge in [-0.3, -0.25) is 0 Å². The summed E-state index contributed by atoms with van der Waals surface area (Å²) in [6.07, 6.45) is 14.1. The van der Waals surface area contributed by atoms with E-state index in [0.717, 1.165) is 23.7 Å². The maximum atomic E-state index is 2.53. The van der Waals surface area contributed by atoms with Gasteiger partial charge in [0.1, 0.15) is 0 Å². The minimum Gasteiger partial charge on any atom is -0.0654 e. The second-order valence-corrected chi connectivity index (χ2v) is 9.21. The molecule has 0 heterocycles. The van der Waals surface area contributed by atoms with Gasteiger partial charge in [-0.2, -0.15) is 0 Å². The van der Waals surface area contributed by atoms with Gasteiger partial charge in [-0.1, -0.05) is 84.6 Å². The molecule has 0 bridgehead atoms. The molecule has 26 heavy (non-hydrogen) atoms. The minimum absolute atomic E-state index is 0.687. The van der Waals surface area contributed by atoms with Crippen LogP contribution in [-0.2, 0) is 0 Å². The molecule has 0 aromatic heterocycles. The van der Waals surface area contributed by atoms with E-state index in [-0.39, 0.29) is 0 Å². The van der Waals surface area contributed by atoms with Gasteiger partial charge in [0, 0.05) is 0 Å². The average molecular weight is 357 g/mol. The molecule has 0 amide bonds. The summed E-state index contributed by atoms with van der Waals surface area (Å²) in [4.78, 5) is 0. The molecule has 0 heteroatoms. The van der Waals surface area contributed by atoms with E-state index < -0.39 is 0 Å². The van der Waals surface area contributed by atoms with Crippen LogP contribution in [0.1, 0.15) is 122 Å². The fourth-order valence-electron chi connectivity index (χ4n) is 5.09. The van der Waals surface area contributed by atoms with Gasteiger partial charge < -0.3 is 0 Å². The smallest absolute Gasteiger partial charge is 0.0164 e. The third-order valence-corrected chi connectivity index (χ3v) is 7.45. The Hall–Kier alpha value is -0.780. The first-order chi connectivity index (χ1) is 12.6. The summed E-state index contributed by atoms with van der Waals surface area (Å²) in [5, 5.41) is 0. The first kappa shape index (κ1) is 21.5. The van der Waals surface area contributed by atoms with Crippen molar-refractivity contribution in [3.05, 3.63) is 35.4 Å². The third kappa shape index (κ3) is 6.14. The Labute approximate surface area is 164 Å². The third-order valence-electron chi connectivity index (χ3n) is 7.45. The Balaban J connectivity index is 1.82. The van der Waals surface area contributed by atoms with Crippen LogP contribution < -0.4 is 0 Å². The van der Waals surface area contributed by atoms with Crippen LogP contribution in [0.25, 0.3) is 0 Å². The molecule has 0 nitrogen and oxygen atoms in total. The van der Waals surface area contributed by atoms with E-state index in [0.29, 0.717) is 5.92 Å². The standard InChI is InChI=1S/C26H44/c1-6-9-22-11-14-25(15-12-22)21(5)10-13-23(8-3)26-18-16-24(17-19-26)20(4)7-2/h16-23,25H,6-15H2,1-5H3. The van der Waals surface area contributed by atoms with Gasteiger partial charge in [-0.25, -0.2) is 0 Å². The molecule has 1 aromatic carbocycles. The SMILES string of the molecule is CCCC1CCC(C(C)CCC(CC)c2ccc(C(C)CC)cc2)CC1. The Morgan fingerprint density at radius 2 is 1.42 bits per heavy atom. The number of rotatable bonds is 10. The summed E-state index contributed by atoms with van der Waals surface area (Å²) in [6.45, 7) is 11.9. The Bertz CT molecular complexity index is 477. The molecule has 1 fully saturated rings. The van der Waals surface area contributed by atoms with Gasteiger partial charge in [-0.15, -0.1) is 0 Å². The molecule has 0 spiro atoms. The summed E-state index contributed by atoms with van der Waals surface area (Å²) >= 11 is 0. The lowest BCUT2D eigenvalue weighted by molar-refractivity contribution is 0.196. The van der Waals surface area contributed by atoms with E-state index in [4.69, 9.17) is 0 Å². The zero-order valence-electron chi connectivity index (χ0n) is 18.3. The molecule has 0 radical (unpaired) electrons. The van der Waals surface area contributed by atoms with Gasteiger partial charge in [0.2, 0.25) is 0 Å². The number of benzene rings is 1. The molecule has 3 atom stereocenters. The average Bonchev–Trinajstić information content (AvgIpc) is 2.69. The number of hydrogen-bond donors (Lipinski definition) is 0. The minimum atomic E-state index is 0.687. The molecule has 2 rings (SSSR count). The van der Waals surface area contributed by atoms with Crippen molar-refractivity contribution >= 4 is 0 Å². The van der Waals surface area contributed by atoms with Crippen LogP contribution in [0.15, 0.2) is 24.3 Å². The van der Waals surface area contributed by atoms with Crippen molar-refractivity contribution in [1.29, 1.82) is 0 Å². The molecule has 1 aromatic rings. The highest BCUT2D eigenvalue weighted by atomic mass is 14.3. The summed E-state index contributed by atoms with van der Waals surface area (Å²) in [6, 6.07) is 9.59. The van der Waals surface area contributed by atoms with E-state index in [9.17, 15) is 0 Å². The van der Waals surface area contributed by atoms with E-state index in [1.807, 2.05) is 0 Å². The monoisotopic (exact) mass is 356 g/mol. The first-order valence-electron chi connectivity index (χ1n) is 11.7. The molecule has 0 N–H and O–H groups in total. The molecule has 0 saturated heterocycles. The predicted octanol–water partition coefficient (Wildman–Crippen LogP) is 8.72. The topological polar surface area (TPSA) is 0 Å². The Kier molecular flexibility index (Phi) is 9.23. The van der Waals surface area contributed by atoms with Crippen molar-refractivity contribution in [3.63, 3.8) is 0 Å². The van der Waals surface area contributed by atoms with Crippen LogP contribution in [0.2, 0.25) is 0 Å². The van der Waals surface area contributed by atoms with Crippen LogP contribution in [0.4, 0.5) is 0 Å². The Morgan fingerprint density at radius 1 is 0.808 bits per heavy atom. The molecular formula is C26H44. The van der Waals surface area contributed by atoms with Crippen molar-refractivity contribution in [2.45, 2.75) is 111 Å². The van der Waals surface area contributed by atoms with Crippen LogP contribution in [0.5, 0.6) is 0 Å². The fraction of sp³-hybridized carbons (Fsp3) is 0.769. The predicted molar refractivity (Wildman–Crippen MR) is 117 cm³/mol. The molecular weight excluding hydrogens is 312 g/mol. The van der Waals surface area contributed by atoms with Gasteiger partial charge in [0.25, 0.3) is 0 Å². The largest absolute Gasteiger partial charge is 0.0654 e. The fourth-order valence-corrected chi connectivity index (χ4v) is 5.09. The lowest BCUT2D eigenvalue weighted by Gasteiger charge is -2.33. The zero-order chi connectivity index (χ0) is 18.9. The van der Waals surface area contributed by atoms with Crippen LogP contribution >= 0.6 is 0 Å². The molecule has 148 valence electrons. The Morgan fingerprint density at radius 3 is 1.96 bits per heavy atom. The molecule has 1 aliphatic carbocycles. The van der Waals surface area contributed by atoms with Crippen LogP contribution in [0, 0.1) is 17.8 Å². The normalized spacial score (nSPS) is 24.2. The van der Waals surface area contributed by atoms with Gasteiger partial charge in [0.15, 0.2) is 0 Å². The lowest BCUT2D eigenvalue weighted by atomic mass is 9.73. The zero-order valence-corrected chi connectivity index (χ0v) is 18.3. The van der Waals surface area contributed by atoms with E-state index >= 15 is 0 Å². The van der Waals surface area contributed by atoms with Crippen molar-refractivity contribution in [3.8, 4) is 0 Å². The summed E-state index contributed by atoms with van der Waals surface area (Å²) in [7, 11) is 0. The quantitative estimate of drug-likeness (QED) is 0.393. The highest BCUT2D eigenvalue weighted by molar-refractivity contribution is 5.27. The highest BCUT2D eigenvalue weighted by Crippen LogP contribution is 2.38. The molecule has 1 saturated carbocycles. The second-order valence-electron chi connectivity index (χ2n) is 9.21. The maximum Gasteiger partial charge on any atom is -0.0164 e. The van der Waals surface area contributed by atoms with E-state index in [1.54, 1.807) is 5.56 Å². The van der Waals surface area contributed by atoms with Crippen LogP contribution in [-0.4, -0.2) is 0 Å². The maximum absolute atomic E-state index is 2.53. The van der Waals surface area contributed by atoms with Gasteiger partial charge in [-0.05, 0) is 79.2 Å². The van der Waals surface area contributed by atoms with Crippen molar-refractivity contribution < 1.29 is 0 Å². The van der Waals surface area contributed by atoms with Crippen molar-refractivity contribution in [2.24, 2.45) is 17.8 Å². The van der Waals surface area contributed by atoms with Crippen molar-refractivity contribution in [1.82, 2.24) is 0 Å². The molecule has 3 unspecified atom stereocenters. The van der Waals surface area contributed by atoms with Gasteiger partial charge >= 0.3 is 0 Å². The van der Waals surface area contributed by atoms with Gasteiger partial charge in [0.05, 0.1) is 0 Å². The lowest BCUT2D eigenvalue weighted by Crippen LogP contribution is -2.20. The molecule has 0 aliphatic heterocycles. The van der Waals surface area contributed by atoms with Crippen LogP contribution in [0.3, 0.4) is 0 Å². The second kappa shape index (κ2) is 11.2. The number of hydrogen-bond acceptors (Lipinski definition) is 0. The highest BCUT2D eigenvalue weighted by Gasteiger charge is 2.25. The summed E-state index contributed by atoms with van der Waals surface area (Å²) in [5.41, 5.74) is 3.07. The van der Waals surface area contributed by atoms with E-state index in [2.05, 4.69) is 58.9 Å². The first-order valence-corrected chi connectivity index (χ1v) is 11.7. The van der Waals surface area contributed by atoms with Crippen molar-refractivity contribution in [2.75, 3.05) is 0 Å². The van der Waals surface area contributed by atoms with E-state index in [1.165, 1.54) is 69.8 Å². The summed E-state index contributed by atoms with van der Waals surface area (Å²) in [5.74, 6) is 4.38.